The molecule has 0 atom stereocenters. The van der Waals surface area contributed by atoms with Gasteiger partial charge in [0, 0.05) is 43.9 Å². The van der Waals surface area contributed by atoms with Crippen molar-refractivity contribution in [1.29, 1.82) is 0 Å². The summed E-state index contributed by atoms with van der Waals surface area (Å²) in [5.41, 5.74) is 1.50. The molecular weight excluding hydrogens is 370 g/mol. The lowest BCUT2D eigenvalue weighted by molar-refractivity contribution is 0.0567. The van der Waals surface area contributed by atoms with Crippen molar-refractivity contribution in [1.82, 2.24) is 25.2 Å². The summed E-state index contributed by atoms with van der Waals surface area (Å²) >= 11 is 0. The Morgan fingerprint density at radius 3 is 2.76 bits per heavy atom. The Bertz CT molecular complexity index is 877. The third kappa shape index (κ3) is 4.06. The molecule has 0 radical (unpaired) electrons. The van der Waals surface area contributed by atoms with Crippen LogP contribution in [-0.2, 0) is 6.54 Å². The van der Waals surface area contributed by atoms with Gasteiger partial charge >= 0.3 is 0 Å². The molecule has 2 fully saturated rings. The van der Waals surface area contributed by atoms with E-state index in [2.05, 4.69) is 29.4 Å². The molecule has 0 saturated heterocycles. The van der Waals surface area contributed by atoms with E-state index in [9.17, 15) is 9.59 Å². The van der Waals surface area contributed by atoms with Gasteiger partial charge in [0.2, 0.25) is 5.76 Å². The minimum atomic E-state index is -0.226. The fraction of sp³-hybridized carbons (Fsp3) is 0.619. The fourth-order valence-electron chi connectivity index (χ4n) is 3.92. The summed E-state index contributed by atoms with van der Waals surface area (Å²) in [5.74, 6) is 0.874. The summed E-state index contributed by atoms with van der Waals surface area (Å²) in [6, 6.07) is 3.68. The number of amides is 2. The predicted octanol–water partition coefficient (Wildman–Crippen LogP) is 2.83. The first-order valence-electron chi connectivity index (χ1n) is 10.5. The molecule has 2 heterocycles. The van der Waals surface area contributed by atoms with Gasteiger partial charge in [0.15, 0.2) is 0 Å². The molecule has 2 aliphatic rings. The third-order valence-electron chi connectivity index (χ3n) is 6.07. The highest BCUT2D eigenvalue weighted by Gasteiger charge is 2.37. The van der Waals surface area contributed by atoms with Gasteiger partial charge < -0.3 is 14.7 Å². The van der Waals surface area contributed by atoms with E-state index >= 15 is 0 Å². The molecule has 0 spiro atoms. The number of hydrogen-bond acceptors (Lipinski definition) is 5. The third-order valence-corrected chi connectivity index (χ3v) is 6.07. The van der Waals surface area contributed by atoms with Crippen molar-refractivity contribution in [2.24, 2.45) is 5.92 Å². The van der Waals surface area contributed by atoms with Crippen molar-refractivity contribution < 1.29 is 14.1 Å². The standard InChI is InChI=1S/C21H29N5O3/c1-13(2)12-26-18(7-8-22-26)21(28)25(3)16-9-15(10-16)23-20(27)19-11-17(24-29-19)14-5-4-6-14/h7-8,11,13-16H,4-6,9-10,12H2,1-3H3,(H,23,27). The number of hydrogen-bond donors (Lipinski definition) is 1. The lowest BCUT2D eigenvalue weighted by atomic mass is 9.83. The van der Waals surface area contributed by atoms with E-state index in [1.165, 1.54) is 6.42 Å². The molecule has 2 aromatic rings. The van der Waals surface area contributed by atoms with Crippen molar-refractivity contribution in [2.75, 3.05) is 7.05 Å². The van der Waals surface area contributed by atoms with Crippen LogP contribution in [0.15, 0.2) is 22.9 Å². The Morgan fingerprint density at radius 2 is 2.10 bits per heavy atom. The van der Waals surface area contributed by atoms with E-state index in [0.29, 0.717) is 24.1 Å². The van der Waals surface area contributed by atoms with Gasteiger partial charge in [0.1, 0.15) is 5.69 Å². The normalized spacial score (nSPS) is 21.5. The minimum absolute atomic E-state index is 0.0294. The smallest absolute Gasteiger partial charge is 0.290 e. The lowest BCUT2D eigenvalue weighted by Gasteiger charge is -2.41. The van der Waals surface area contributed by atoms with Gasteiger partial charge in [0.25, 0.3) is 11.8 Å². The van der Waals surface area contributed by atoms with Crippen molar-refractivity contribution >= 4 is 11.8 Å². The van der Waals surface area contributed by atoms with Gasteiger partial charge in [-0.2, -0.15) is 5.10 Å². The van der Waals surface area contributed by atoms with E-state index in [4.69, 9.17) is 4.52 Å². The largest absolute Gasteiger partial charge is 0.351 e. The number of aromatic nitrogens is 3. The number of carbonyl (C=O) groups excluding carboxylic acids is 2. The maximum atomic E-state index is 12.8. The molecule has 0 bridgehead atoms. The highest BCUT2D eigenvalue weighted by atomic mass is 16.5. The molecule has 4 rings (SSSR count). The van der Waals surface area contributed by atoms with E-state index in [0.717, 1.165) is 31.4 Å². The number of nitrogens with one attached hydrogen (secondary N) is 1. The van der Waals surface area contributed by atoms with E-state index in [-0.39, 0.29) is 29.7 Å². The molecule has 2 saturated carbocycles. The Morgan fingerprint density at radius 1 is 1.34 bits per heavy atom. The molecule has 29 heavy (non-hydrogen) atoms. The van der Waals surface area contributed by atoms with Crippen LogP contribution in [0.1, 0.15) is 78.6 Å². The molecule has 8 nitrogen and oxygen atoms in total. The maximum absolute atomic E-state index is 12.8. The fourth-order valence-corrected chi connectivity index (χ4v) is 3.92. The average molecular weight is 399 g/mol. The van der Waals surface area contributed by atoms with E-state index in [1.807, 2.05) is 7.05 Å². The zero-order chi connectivity index (χ0) is 20.5. The Labute approximate surface area is 170 Å². The lowest BCUT2D eigenvalue weighted by Crippen LogP contribution is -2.54. The highest BCUT2D eigenvalue weighted by Crippen LogP contribution is 2.35. The second-order valence-electron chi connectivity index (χ2n) is 8.75. The molecule has 0 unspecified atom stereocenters. The summed E-state index contributed by atoms with van der Waals surface area (Å²) in [7, 11) is 1.82. The Balaban J connectivity index is 1.28. The topological polar surface area (TPSA) is 93.3 Å². The van der Waals surface area contributed by atoms with Crippen LogP contribution < -0.4 is 5.32 Å². The number of nitrogens with zero attached hydrogens (tertiary/aromatic N) is 4. The summed E-state index contributed by atoms with van der Waals surface area (Å²) in [6.45, 7) is 4.91. The highest BCUT2D eigenvalue weighted by molar-refractivity contribution is 5.93. The zero-order valence-corrected chi connectivity index (χ0v) is 17.3. The van der Waals surface area contributed by atoms with Gasteiger partial charge in [-0.3, -0.25) is 14.3 Å². The first-order valence-corrected chi connectivity index (χ1v) is 10.5. The first-order chi connectivity index (χ1) is 13.9. The second kappa shape index (κ2) is 8.00. The molecular formula is C21H29N5O3. The molecule has 0 aromatic carbocycles. The quantitative estimate of drug-likeness (QED) is 0.773. The van der Waals surface area contributed by atoms with E-state index in [1.54, 1.807) is 27.9 Å². The van der Waals surface area contributed by atoms with Crippen molar-refractivity contribution in [3.05, 3.63) is 35.5 Å². The van der Waals surface area contributed by atoms with Crippen LogP contribution in [0.5, 0.6) is 0 Å². The average Bonchev–Trinajstić information content (AvgIpc) is 3.24. The Kier molecular flexibility index (Phi) is 5.43. The molecule has 1 N–H and O–H groups in total. The molecule has 8 heteroatoms. The second-order valence-corrected chi connectivity index (χ2v) is 8.75. The van der Waals surface area contributed by atoms with Crippen LogP contribution >= 0.6 is 0 Å². The van der Waals surface area contributed by atoms with Crippen LogP contribution in [-0.4, -0.2) is 50.8 Å². The molecule has 2 amide bonds. The van der Waals surface area contributed by atoms with Gasteiger partial charge in [-0.15, -0.1) is 0 Å². The Hall–Kier alpha value is -2.64. The van der Waals surface area contributed by atoms with Gasteiger partial charge in [-0.25, -0.2) is 0 Å². The van der Waals surface area contributed by atoms with E-state index < -0.39 is 0 Å². The summed E-state index contributed by atoms with van der Waals surface area (Å²) in [6.07, 6.45) is 6.59. The summed E-state index contributed by atoms with van der Waals surface area (Å²) in [5, 5.41) is 11.3. The van der Waals surface area contributed by atoms with Gasteiger partial charge in [-0.05, 0) is 37.7 Å². The number of rotatable bonds is 7. The van der Waals surface area contributed by atoms with Crippen LogP contribution in [0.3, 0.4) is 0 Å². The minimum Gasteiger partial charge on any atom is -0.351 e. The number of carbonyl (C=O) groups is 2. The van der Waals surface area contributed by atoms with Gasteiger partial charge in [0.05, 0.1) is 5.69 Å². The SMILES string of the molecule is CC(C)Cn1nccc1C(=O)N(C)C1CC(NC(=O)c2cc(C3CCC3)no2)C1. The monoisotopic (exact) mass is 399 g/mol. The van der Waals surface area contributed by atoms with Crippen LogP contribution in [0, 0.1) is 5.92 Å². The zero-order valence-electron chi connectivity index (χ0n) is 17.3. The molecule has 156 valence electrons. The summed E-state index contributed by atoms with van der Waals surface area (Å²) in [4.78, 5) is 27.0. The maximum Gasteiger partial charge on any atom is 0.290 e. The van der Waals surface area contributed by atoms with Crippen molar-refractivity contribution in [3.8, 4) is 0 Å². The van der Waals surface area contributed by atoms with Crippen molar-refractivity contribution in [3.63, 3.8) is 0 Å². The van der Waals surface area contributed by atoms with Gasteiger partial charge in [-0.1, -0.05) is 25.4 Å². The molecule has 0 aliphatic heterocycles. The van der Waals surface area contributed by atoms with Crippen LogP contribution in [0.25, 0.3) is 0 Å². The molecule has 2 aliphatic carbocycles. The molecule has 2 aromatic heterocycles. The first kappa shape index (κ1) is 19.7. The summed E-state index contributed by atoms with van der Waals surface area (Å²) < 4.78 is 6.99. The van der Waals surface area contributed by atoms with Crippen LogP contribution in [0.4, 0.5) is 0 Å². The van der Waals surface area contributed by atoms with Crippen LogP contribution in [0.2, 0.25) is 0 Å². The van der Waals surface area contributed by atoms with Crippen molar-refractivity contribution in [2.45, 2.75) is 70.5 Å². The predicted molar refractivity (Wildman–Crippen MR) is 107 cm³/mol.